The number of carbonyl (C=O) groups is 2. The molecule has 5 heteroatoms. The van der Waals surface area contributed by atoms with E-state index in [1.165, 1.54) is 6.92 Å². The van der Waals surface area contributed by atoms with Crippen LogP contribution in [0.3, 0.4) is 0 Å². The van der Waals surface area contributed by atoms with Crippen molar-refractivity contribution in [2.45, 2.75) is 6.92 Å². The zero-order chi connectivity index (χ0) is 12.4. The Morgan fingerprint density at radius 3 is 2.65 bits per heavy atom. The molecule has 0 atom stereocenters. The fourth-order valence-electron chi connectivity index (χ4n) is 1.74. The lowest BCUT2D eigenvalue weighted by Crippen LogP contribution is -2.48. The molecule has 0 unspecified atom stereocenters. The Labute approximate surface area is 100 Å². The molecule has 0 aromatic carbocycles. The first-order valence-electron chi connectivity index (χ1n) is 5.54. The fraction of sp³-hybridized carbons (Fsp3) is 0.417. The highest BCUT2D eigenvalue weighted by atomic mass is 16.2. The largest absolute Gasteiger partial charge is 0.346 e. The van der Waals surface area contributed by atoms with E-state index in [0.29, 0.717) is 18.7 Å². The Hall–Kier alpha value is -1.91. The van der Waals surface area contributed by atoms with E-state index in [-0.39, 0.29) is 11.7 Å². The third-order valence-corrected chi connectivity index (χ3v) is 2.94. The topological polar surface area (TPSA) is 53.5 Å². The van der Waals surface area contributed by atoms with Gasteiger partial charge in [0.15, 0.2) is 5.78 Å². The number of amides is 1. The molecule has 1 aliphatic heterocycles. The van der Waals surface area contributed by atoms with Gasteiger partial charge in [-0.05, 0) is 19.1 Å². The summed E-state index contributed by atoms with van der Waals surface area (Å²) in [6, 6.07) is 3.53. The van der Waals surface area contributed by atoms with Gasteiger partial charge in [-0.15, -0.1) is 0 Å². The van der Waals surface area contributed by atoms with Crippen molar-refractivity contribution < 1.29 is 9.59 Å². The molecule has 2 rings (SSSR count). The Balaban J connectivity index is 2.13. The van der Waals surface area contributed by atoms with Crippen LogP contribution in [-0.2, 0) is 4.79 Å². The lowest BCUT2D eigenvalue weighted by atomic mass is 10.2. The fourth-order valence-corrected chi connectivity index (χ4v) is 1.74. The third kappa shape index (κ3) is 2.43. The molecule has 90 valence electrons. The minimum absolute atomic E-state index is 0.00139. The number of anilines is 1. The molecular formula is C12H15N3O2. The summed E-state index contributed by atoms with van der Waals surface area (Å²) >= 11 is 0. The normalized spacial score (nSPS) is 16.2. The average molecular weight is 233 g/mol. The molecule has 0 radical (unpaired) electrons. The van der Waals surface area contributed by atoms with Crippen LogP contribution in [0.5, 0.6) is 0 Å². The van der Waals surface area contributed by atoms with Gasteiger partial charge in [0.2, 0.25) is 5.91 Å². The maximum Gasteiger partial charge on any atom is 0.241 e. The summed E-state index contributed by atoms with van der Waals surface area (Å²) in [6.07, 6.45) is 1.56. The molecule has 1 aromatic heterocycles. The van der Waals surface area contributed by atoms with E-state index in [2.05, 4.69) is 4.98 Å². The summed E-state index contributed by atoms with van der Waals surface area (Å²) in [5.41, 5.74) is 0.592. The van der Waals surface area contributed by atoms with Crippen molar-refractivity contribution in [1.82, 2.24) is 9.88 Å². The predicted octanol–water partition coefficient (Wildman–Crippen LogP) is 0.563. The molecule has 1 aromatic rings. The number of ketones is 1. The van der Waals surface area contributed by atoms with E-state index in [1.807, 2.05) is 4.90 Å². The zero-order valence-electron chi connectivity index (χ0n) is 10.0. The van der Waals surface area contributed by atoms with Crippen LogP contribution in [-0.4, -0.2) is 48.3 Å². The lowest BCUT2D eigenvalue weighted by molar-refractivity contribution is -0.129. The molecule has 0 N–H and O–H groups in total. The summed E-state index contributed by atoms with van der Waals surface area (Å²) < 4.78 is 0. The lowest BCUT2D eigenvalue weighted by Gasteiger charge is -2.32. The third-order valence-electron chi connectivity index (χ3n) is 2.94. The van der Waals surface area contributed by atoms with E-state index >= 15 is 0 Å². The van der Waals surface area contributed by atoms with Crippen molar-refractivity contribution in [3.05, 3.63) is 23.9 Å². The predicted molar refractivity (Wildman–Crippen MR) is 64.1 cm³/mol. The van der Waals surface area contributed by atoms with Gasteiger partial charge in [-0.3, -0.25) is 9.59 Å². The number of pyridine rings is 1. The molecule has 5 nitrogen and oxygen atoms in total. The Kier molecular flexibility index (Phi) is 3.08. The highest BCUT2D eigenvalue weighted by Gasteiger charge is 2.21. The summed E-state index contributed by atoms with van der Waals surface area (Å²) in [5.74, 6) is 0.837. The van der Waals surface area contributed by atoms with Crippen LogP contribution >= 0.6 is 0 Å². The van der Waals surface area contributed by atoms with Gasteiger partial charge in [-0.1, -0.05) is 0 Å². The molecule has 1 aliphatic rings. The molecule has 17 heavy (non-hydrogen) atoms. The standard InChI is InChI=1S/C12H15N3O2/c1-9(16)10-3-4-11(13-7-10)15-6-5-14(2)12(17)8-15/h3-4,7H,5-6,8H2,1-2H3. The number of aromatic nitrogens is 1. The smallest absolute Gasteiger partial charge is 0.241 e. The number of carbonyl (C=O) groups excluding carboxylic acids is 2. The molecular weight excluding hydrogens is 218 g/mol. The first kappa shape index (κ1) is 11.6. The van der Waals surface area contributed by atoms with Gasteiger partial charge < -0.3 is 9.80 Å². The molecule has 0 aliphatic carbocycles. The Morgan fingerprint density at radius 2 is 2.12 bits per heavy atom. The van der Waals surface area contributed by atoms with Crippen LogP contribution in [0, 0.1) is 0 Å². The van der Waals surface area contributed by atoms with Gasteiger partial charge >= 0.3 is 0 Å². The second-order valence-electron chi connectivity index (χ2n) is 4.20. The number of nitrogens with zero attached hydrogens (tertiary/aromatic N) is 3. The minimum Gasteiger partial charge on any atom is -0.346 e. The van der Waals surface area contributed by atoms with Crippen LogP contribution in [0.2, 0.25) is 0 Å². The molecule has 1 saturated heterocycles. The SMILES string of the molecule is CC(=O)c1ccc(N2CCN(C)C(=O)C2)nc1. The summed E-state index contributed by atoms with van der Waals surface area (Å²) in [5, 5.41) is 0. The van der Waals surface area contributed by atoms with Crippen molar-refractivity contribution in [3.8, 4) is 0 Å². The second-order valence-corrected chi connectivity index (χ2v) is 4.20. The van der Waals surface area contributed by atoms with Crippen LogP contribution in [0.4, 0.5) is 5.82 Å². The molecule has 0 saturated carbocycles. The van der Waals surface area contributed by atoms with Gasteiger partial charge in [0.1, 0.15) is 5.82 Å². The van der Waals surface area contributed by atoms with E-state index in [9.17, 15) is 9.59 Å². The van der Waals surface area contributed by atoms with Crippen LogP contribution in [0.25, 0.3) is 0 Å². The van der Waals surface area contributed by atoms with Gasteiger partial charge in [0, 0.05) is 31.9 Å². The molecule has 1 amide bonds. The summed E-state index contributed by atoms with van der Waals surface area (Å²) in [4.78, 5) is 30.5. The first-order valence-corrected chi connectivity index (χ1v) is 5.54. The van der Waals surface area contributed by atoms with E-state index < -0.39 is 0 Å². The average Bonchev–Trinajstić information content (AvgIpc) is 2.33. The van der Waals surface area contributed by atoms with Gasteiger partial charge in [-0.2, -0.15) is 0 Å². The maximum absolute atomic E-state index is 11.6. The van der Waals surface area contributed by atoms with Crippen molar-refractivity contribution in [3.63, 3.8) is 0 Å². The van der Waals surface area contributed by atoms with Crippen molar-refractivity contribution in [2.24, 2.45) is 0 Å². The quantitative estimate of drug-likeness (QED) is 0.700. The number of piperazine rings is 1. The van der Waals surface area contributed by atoms with Crippen LogP contribution in [0.1, 0.15) is 17.3 Å². The summed E-state index contributed by atoms with van der Waals surface area (Å²) in [6.45, 7) is 3.34. The molecule has 0 spiro atoms. The van der Waals surface area contributed by atoms with Gasteiger partial charge in [0.05, 0.1) is 6.54 Å². The number of hydrogen-bond acceptors (Lipinski definition) is 4. The number of hydrogen-bond donors (Lipinski definition) is 0. The molecule has 1 fully saturated rings. The number of Topliss-reactive ketones (excluding diaryl/α,β-unsaturated/α-hetero) is 1. The maximum atomic E-state index is 11.6. The number of likely N-dealkylation sites (N-methyl/N-ethyl adjacent to an activating group) is 1. The van der Waals surface area contributed by atoms with Crippen molar-refractivity contribution in [2.75, 3.05) is 31.6 Å². The van der Waals surface area contributed by atoms with E-state index in [4.69, 9.17) is 0 Å². The van der Waals surface area contributed by atoms with E-state index in [1.54, 1.807) is 30.3 Å². The Morgan fingerprint density at radius 1 is 1.35 bits per heavy atom. The molecule has 0 bridgehead atoms. The van der Waals surface area contributed by atoms with Crippen molar-refractivity contribution >= 4 is 17.5 Å². The van der Waals surface area contributed by atoms with Gasteiger partial charge in [0.25, 0.3) is 0 Å². The summed E-state index contributed by atoms with van der Waals surface area (Å²) in [7, 11) is 1.80. The highest BCUT2D eigenvalue weighted by Crippen LogP contribution is 2.14. The second kappa shape index (κ2) is 4.53. The Bertz CT molecular complexity index is 442. The van der Waals surface area contributed by atoms with Crippen molar-refractivity contribution in [1.29, 1.82) is 0 Å². The van der Waals surface area contributed by atoms with Gasteiger partial charge in [-0.25, -0.2) is 4.98 Å². The minimum atomic E-state index is -0.00139. The highest BCUT2D eigenvalue weighted by molar-refractivity contribution is 5.93. The zero-order valence-corrected chi connectivity index (χ0v) is 10.0. The first-order chi connectivity index (χ1) is 8.08. The van der Waals surface area contributed by atoms with Crippen LogP contribution in [0.15, 0.2) is 18.3 Å². The monoisotopic (exact) mass is 233 g/mol. The van der Waals surface area contributed by atoms with E-state index in [0.717, 1.165) is 12.4 Å². The molecule has 2 heterocycles. The number of rotatable bonds is 2. The van der Waals surface area contributed by atoms with Crippen LogP contribution < -0.4 is 4.90 Å².